The Morgan fingerprint density at radius 2 is 1.95 bits per heavy atom. The fourth-order valence-electron chi connectivity index (χ4n) is 7.07. The van der Waals surface area contributed by atoms with E-state index >= 15 is 4.39 Å². The van der Waals surface area contributed by atoms with E-state index in [2.05, 4.69) is 26.2 Å². The monoisotopic (exact) mass is 588 g/mol. The number of fused-ring (bicyclic) bond motifs is 3. The average molecular weight is 589 g/mol. The summed E-state index contributed by atoms with van der Waals surface area (Å²) in [5.74, 6) is 0.0823. The van der Waals surface area contributed by atoms with Gasteiger partial charge in [0, 0.05) is 60.0 Å². The predicted octanol–water partition coefficient (Wildman–Crippen LogP) is 5.89. The highest BCUT2D eigenvalue weighted by Crippen LogP contribution is 2.41. The van der Waals surface area contributed by atoms with Crippen LogP contribution < -0.4 is 15.0 Å². The van der Waals surface area contributed by atoms with Gasteiger partial charge in [-0.3, -0.25) is 4.90 Å². The number of rotatable bonds is 6. The summed E-state index contributed by atoms with van der Waals surface area (Å²) in [6.45, 7) is 3.36. The quantitative estimate of drug-likeness (QED) is 0.301. The van der Waals surface area contributed by atoms with Crippen molar-refractivity contribution in [1.29, 1.82) is 5.26 Å². The maximum atomic E-state index is 16.6. The maximum Gasteiger partial charge on any atom is 0.319 e. The van der Waals surface area contributed by atoms with Crippen LogP contribution in [0.15, 0.2) is 48.5 Å². The fraction of sp³-hybridized carbons (Fsp3) is 0.406. The zero-order valence-corrected chi connectivity index (χ0v) is 23.9. The van der Waals surface area contributed by atoms with Crippen molar-refractivity contribution in [2.24, 2.45) is 0 Å². The molecule has 10 heteroatoms. The highest BCUT2D eigenvalue weighted by molar-refractivity contribution is 6.36. The first-order valence-electron chi connectivity index (χ1n) is 14.5. The first-order valence-corrected chi connectivity index (χ1v) is 14.9. The second kappa shape index (κ2) is 10.9. The van der Waals surface area contributed by atoms with Crippen molar-refractivity contribution in [1.82, 2.24) is 20.2 Å². The minimum atomic E-state index is -0.882. The number of alkyl halides is 1. The van der Waals surface area contributed by atoms with E-state index in [0.717, 1.165) is 30.2 Å². The van der Waals surface area contributed by atoms with Crippen molar-refractivity contribution in [3.05, 3.63) is 59.4 Å². The van der Waals surface area contributed by atoms with Gasteiger partial charge in [-0.05, 0) is 42.5 Å². The van der Waals surface area contributed by atoms with E-state index in [0.29, 0.717) is 66.4 Å². The van der Waals surface area contributed by atoms with Gasteiger partial charge in [0.1, 0.15) is 24.1 Å². The third kappa shape index (κ3) is 4.72. The Hall–Kier alpha value is -3.58. The van der Waals surface area contributed by atoms with Gasteiger partial charge in [0.15, 0.2) is 5.82 Å². The molecule has 3 saturated heterocycles. The Morgan fingerprint density at radius 3 is 2.81 bits per heavy atom. The number of nitriles is 1. The fourth-order valence-corrected chi connectivity index (χ4v) is 7.36. The molecule has 7 rings (SSSR count). The predicted molar refractivity (Wildman–Crippen MR) is 160 cm³/mol. The SMILES string of the molecule is N#CC[C@H]1CN(c2nc(OC[C@@]34CCCN3C[C@H](F)C4)nc3c(F)c(-c4cccc5cccc(Cl)c45)ccc23)CCN1. The molecule has 216 valence electrons. The van der Waals surface area contributed by atoms with Crippen LogP contribution in [-0.4, -0.2) is 72.0 Å². The summed E-state index contributed by atoms with van der Waals surface area (Å²) in [4.78, 5) is 13.7. The number of ether oxygens (including phenoxy) is 1. The van der Waals surface area contributed by atoms with Crippen LogP contribution in [0.25, 0.3) is 32.8 Å². The minimum Gasteiger partial charge on any atom is -0.461 e. The average Bonchev–Trinajstić information content (AvgIpc) is 3.52. The van der Waals surface area contributed by atoms with Crippen molar-refractivity contribution in [2.45, 2.75) is 43.4 Å². The van der Waals surface area contributed by atoms with Crippen LogP contribution in [0, 0.1) is 17.1 Å². The summed E-state index contributed by atoms with van der Waals surface area (Å²) in [6.07, 6.45) is 1.73. The standard InChI is InChI=1S/C32H31ClF2N6O/c33-26-7-2-5-20-4-1-6-23(27(20)26)24-8-9-25-29(28(24)35)38-31(39-30(25)40-15-13-37-22(18-40)10-12-36)42-19-32-11-3-14-41(32)17-21(34)16-32/h1-2,4-9,21-22,37H,3,10-11,13-19H2/t21-,22+,32+/m1/s1. The van der Waals surface area contributed by atoms with Gasteiger partial charge in [-0.1, -0.05) is 48.0 Å². The molecule has 3 aromatic carbocycles. The lowest BCUT2D eigenvalue weighted by Crippen LogP contribution is -2.51. The largest absolute Gasteiger partial charge is 0.461 e. The van der Waals surface area contributed by atoms with E-state index in [1.807, 2.05) is 36.4 Å². The molecule has 1 aromatic heterocycles. The number of benzene rings is 3. The normalized spacial score (nSPS) is 24.3. The van der Waals surface area contributed by atoms with E-state index in [4.69, 9.17) is 21.3 Å². The van der Waals surface area contributed by atoms with Gasteiger partial charge in [-0.25, -0.2) is 8.78 Å². The van der Waals surface area contributed by atoms with Crippen molar-refractivity contribution in [3.63, 3.8) is 0 Å². The Morgan fingerprint density at radius 1 is 1.10 bits per heavy atom. The number of nitrogens with one attached hydrogen (secondary N) is 1. The Bertz CT molecular complexity index is 1710. The van der Waals surface area contributed by atoms with E-state index in [1.54, 1.807) is 12.1 Å². The Labute approximate surface area is 248 Å². The number of hydrogen-bond donors (Lipinski definition) is 1. The van der Waals surface area contributed by atoms with Gasteiger partial charge in [0.2, 0.25) is 0 Å². The molecule has 4 aromatic rings. The molecule has 3 atom stereocenters. The van der Waals surface area contributed by atoms with Crippen LogP contribution in [0.1, 0.15) is 25.7 Å². The maximum absolute atomic E-state index is 16.6. The number of nitrogens with zero attached hydrogens (tertiary/aromatic N) is 5. The number of anilines is 1. The van der Waals surface area contributed by atoms with Gasteiger partial charge >= 0.3 is 6.01 Å². The summed E-state index contributed by atoms with van der Waals surface area (Å²) in [5, 5.41) is 15.5. The lowest BCUT2D eigenvalue weighted by atomic mass is 9.95. The molecule has 0 unspecified atom stereocenters. The van der Waals surface area contributed by atoms with Crippen LogP contribution in [-0.2, 0) is 0 Å². The third-order valence-corrected chi connectivity index (χ3v) is 9.35. The number of aromatic nitrogens is 2. The number of halogens is 3. The number of hydrogen-bond acceptors (Lipinski definition) is 7. The molecule has 0 radical (unpaired) electrons. The zero-order valence-electron chi connectivity index (χ0n) is 23.1. The summed E-state index contributed by atoms with van der Waals surface area (Å²) in [5.41, 5.74) is 0.834. The molecule has 42 heavy (non-hydrogen) atoms. The highest BCUT2D eigenvalue weighted by Gasteiger charge is 2.49. The van der Waals surface area contributed by atoms with Crippen molar-refractivity contribution < 1.29 is 13.5 Å². The molecule has 1 N–H and O–H groups in total. The Kier molecular flexibility index (Phi) is 7.09. The molecule has 3 fully saturated rings. The molecular weight excluding hydrogens is 558 g/mol. The van der Waals surface area contributed by atoms with Crippen LogP contribution in [0.5, 0.6) is 6.01 Å². The number of piperazine rings is 1. The molecule has 3 aliphatic rings. The molecule has 7 nitrogen and oxygen atoms in total. The smallest absolute Gasteiger partial charge is 0.319 e. The first-order chi connectivity index (χ1) is 20.5. The van der Waals surface area contributed by atoms with E-state index in [9.17, 15) is 9.65 Å². The Balaban J connectivity index is 1.34. The topological polar surface area (TPSA) is 77.3 Å². The lowest BCUT2D eigenvalue weighted by Gasteiger charge is -2.34. The van der Waals surface area contributed by atoms with Crippen LogP contribution in [0.3, 0.4) is 0 Å². The second-order valence-corrected chi connectivity index (χ2v) is 12.0. The molecule has 3 aliphatic heterocycles. The van der Waals surface area contributed by atoms with Gasteiger partial charge < -0.3 is 15.0 Å². The summed E-state index contributed by atoms with van der Waals surface area (Å²) < 4.78 is 37.3. The molecule has 0 aliphatic carbocycles. The van der Waals surface area contributed by atoms with Crippen LogP contribution in [0.4, 0.5) is 14.6 Å². The van der Waals surface area contributed by atoms with E-state index < -0.39 is 12.0 Å². The third-order valence-electron chi connectivity index (χ3n) is 9.03. The van der Waals surface area contributed by atoms with E-state index in [1.165, 1.54) is 0 Å². The lowest BCUT2D eigenvalue weighted by molar-refractivity contribution is 0.107. The van der Waals surface area contributed by atoms with E-state index in [-0.39, 0.29) is 29.7 Å². The van der Waals surface area contributed by atoms with Crippen LogP contribution >= 0.6 is 11.6 Å². The van der Waals surface area contributed by atoms with Crippen molar-refractivity contribution in [3.8, 4) is 23.2 Å². The molecule has 0 spiro atoms. The highest BCUT2D eigenvalue weighted by atomic mass is 35.5. The van der Waals surface area contributed by atoms with Crippen LogP contribution in [0.2, 0.25) is 5.02 Å². The van der Waals surface area contributed by atoms with Gasteiger partial charge in [-0.15, -0.1) is 0 Å². The minimum absolute atomic E-state index is 0.0361. The second-order valence-electron chi connectivity index (χ2n) is 11.6. The molecule has 0 saturated carbocycles. The van der Waals surface area contributed by atoms with Crippen molar-refractivity contribution >= 4 is 39.1 Å². The summed E-state index contributed by atoms with van der Waals surface area (Å²) in [6, 6.07) is 17.2. The molecule has 4 heterocycles. The van der Waals surface area contributed by atoms with Crippen molar-refractivity contribution in [2.75, 3.05) is 44.2 Å². The molecule has 0 bridgehead atoms. The summed E-state index contributed by atoms with van der Waals surface area (Å²) >= 11 is 6.60. The molecular formula is C32H31ClF2N6O. The molecule has 0 amide bonds. The van der Waals surface area contributed by atoms with Gasteiger partial charge in [0.05, 0.1) is 18.0 Å². The van der Waals surface area contributed by atoms with Gasteiger partial charge in [-0.2, -0.15) is 15.2 Å². The van der Waals surface area contributed by atoms with Gasteiger partial charge in [0.25, 0.3) is 0 Å². The zero-order chi connectivity index (χ0) is 28.8. The first kappa shape index (κ1) is 27.3. The summed E-state index contributed by atoms with van der Waals surface area (Å²) in [7, 11) is 0.